The molecule has 3 aromatic carbocycles. The molecule has 0 aliphatic heterocycles. The number of carbonyl (C=O) groups is 2. The summed E-state index contributed by atoms with van der Waals surface area (Å²) in [5.41, 5.74) is 6.14. The van der Waals surface area contributed by atoms with Crippen LogP contribution in [-0.4, -0.2) is 29.8 Å². The Labute approximate surface area is 213 Å². The molecule has 0 saturated carbocycles. The Hall–Kier alpha value is -4.03. The molecule has 7 heteroatoms. The van der Waals surface area contributed by atoms with Gasteiger partial charge in [0.15, 0.2) is 0 Å². The van der Waals surface area contributed by atoms with E-state index in [4.69, 9.17) is 20.8 Å². The Morgan fingerprint density at radius 1 is 1.00 bits per heavy atom. The van der Waals surface area contributed by atoms with Gasteiger partial charge in [-0.3, -0.25) is 0 Å². The molecule has 0 bridgehead atoms. The Kier molecular flexibility index (Phi) is 6.53. The molecular weight excluding hydrogens is 478 g/mol. The number of alkyl carbamates (subject to hydrolysis) is 1. The van der Waals surface area contributed by atoms with Gasteiger partial charge >= 0.3 is 12.1 Å². The fourth-order valence-electron chi connectivity index (χ4n) is 4.57. The Balaban J connectivity index is 1.24. The van der Waals surface area contributed by atoms with Gasteiger partial charge in [0.1, 0.15) is 24.2 Å². The normalized spacial score (nSPS) is 13.1. The molecule has 2 N–H and O–H groups in total. The molecule has 1 aromatic heterocycles. The lowest BCUT2D eigenvalue weighted by molar-refractivity contribution is -0.139. The highest BCUT2D eigenvalue weighted by Gasteiger charge is 2.30. The van der Waals surface area contributed by atoms with E-state index >= 15 is 0 Å². The van der Waals surface area contributed by atoms with Crippen LogP contribution in [-0.2, 0) is 16.0 Å². The van der Waals surface area contributed by atoms with Crippen molar-refractivity contribution in [2.24, 2.45) is 0 Å². The Morgan fingerprint density at radius 3 is 2.31 bits per heavy atom. The highest BCUT2D eigenvalue weighted by molar-refractivity contribution is 6.31. The average molecular weight is 502 g/mol. The van der Waals surface area contributed by atoms with Gasteiger partial charge in [-0.25, -0.2) is 9.59 Å². The second kappa shape index (κ2) is 9.91. The lowest BCUT2D eigenvalue weighted by Gasteiger charge is -2.17. The van der Waals surface area contributed by atoms with Gasteiger partial charge in [0.25, 0.3) is 0 Å². The molecule has 1 atom stereocenters. The van der Waals surface area contributed by atoms with E-state index in [0.717, 1.165) is 33.4 Å². The van der Waals surface area contributed by atoms with Crippen molar-refractivity contribution in [3.05, 3.63) is 106 Å². The molecule has 5 rings (SSSR count). The number of carboxylic acid groups (broad SMARTS) is 1. The number of nitrogens with one attached hydrogen (secondary N) is 1. The Bertz CT molecular complexity index is 1400. The third kappa shape index (κ3) is 4.72. The first-order valence-corrected chi connectivity index (χ1v) is 12.0. The molecule has 0 fully saturated rings. The van der Waals surface area contributed by atoms with Crippen molar-refractivity contribution in [3.63, 3.8) is 0 Å². The molecule has 6 nitrogen and oxygen atoms in total. The smallest absolute Gasteiger partial charge is 0.407 e. The number of carbonyl (C=O) groups excluding carboxylic acids is 1. The van der Waals surface area contributed by atoms with Crippen LogP contribution in [0, 0.1) is 6.92 Å². The minimum atomic E-state index is -1.21. The van der Waals surface area contributed by atoms with Crippen LogP contribution in [0.5, 0.6) is 0 Å². The molecule has 1 heterocycles. The van der Waals surface area contributed by atoms with E-state index in [0.29, 0.717) is 16.5 Å². The number of benzene rings is 3. The van der Waals surface area contributed by atoms with Gasteiger partial charge in [0.2, 0.25) is 0 Å². The maximum absolute atomic E-state index is 12.6. The maximum atomic E-state index is 12.6. The lowest BCUT2D eigenvalue weighted by atomic mass is 9.98. The maximum Gasteiger partial charge on any atom is 0.407 e. The van der Waals surface area contributed by atoms with E-state index in [1.54, 1.807) is 18.2 Å². The van der Waals surface area contributed by atoms with E-state index in [-0.39, 0.29) is 18.9 Å². The summed E-state index contributed by atoms with van der Waals surface area (Å²) in [5.74, 6) is -0.301. The molecule has 36 heavy (non-hydrogen) atoms. The number of fused-ring (bicyclic) bond motifs is 3. The summed E-state index contributed by atoms with van der Waals surface area (Å²) in [6, 6.07) is 23.8. The zero-order valence-electron chi connectivity index (χ0n) is 19.5. The van der Waals surface area contributed by atoms with Crippen molar-refractivity contribution in [1.29, 1.82) is 0 Å². The molecule has 0 saturated heterocycles. The van der Waals surface area contributed by atoms with Crippen LogP contribution in [0.3, 0.4) is 0 Å². The minimum absolute atomic E-state index is 0.0286. The van der Waals surface area contributed by atoms with Crippen molar-refractivity contribution < 1.29 is 23.8 Å². The SMILES string of the molecule is Cc1ccc(-c2ccc(CC(NC(=O)OCC3c4ccccc4-c4ccccc43)C(=O)O)o2)cc1Cl. The van der Waals surface area contributed by atoms with Gasteiger partial charge in [-0.05, 0) is 52.9 Å². The fraction of sp³-hybridized carbons (Fsp3) is 0.172. The molecule has 1 aliphatic carbocycles. The van der Waals surface area contributed by atoms with Crippen molar-refractivity contribution in [3.8, 4) is 22.5 Å². The Morgan fingerprint density at radius 2 is 1.67 bits per heavy atom. The first-order chi connectivity index (χ1) is 17.4. The zero-order valence-corrected chi connectivity index (χ0v) is 20.3. The highest BCUT2D eigenvalue weighted by atomic mass is 35.5. The molecule has 1 amide bonds. The van der Waals surface area contributed by atoms with Gasteiger partial charge in [-0.2, -0.15) is 0 Å². The standard InChI is InChI=1S/C29H24ClNO5/c1-17-10-11-18(14-25(17)30)27-13-12-19(36-27)15-26(28(32)33)31-29(34)35-16-24-22-8-4-2-6-20(22)21-7-3-5-9-23(21)24/h2-14,24,26H,15-16H2,1H3,(H,31,34)(H,32,33). The monoisotopic (exact) mass is 501 g/mol. The van der Waals surface area contributed by atoms with E-state index < -0.39 is 18.1 Å². The zero-order chi connectivity index (χ0) is 25.2. The molecule has 1 aliphatic rings. The second-order valence-corrected chi connectivity index (χ2v) is 9.20. The van der Waals surface area contributed by atoms with E-state index in [9.17, 15) is 14.7 Å². The number of ether oxygens (including phenoxy) is 1. The van der Waals surface area contributed by atoms with E-state index in [2.05, 4.69) is 17.4 Å². The van der Waals surface area contributed by atoms with Crippen LogP contribution in [0.25, 0.3) is 22.5 Å². The number of hydrogen-bond acceptors (Lipinski definition) is 4. The molecule has 1 unspecified atom stereocenters. The second-order valence-electron chi connectivity index (χ2n) is 8.79. The number of halogens is 1. The van der Waals surface area contributed by atoms with Gasteiger partial charge < -0.3 is 19.6 Å². The summed E-state index contributed by atoms with van der Waals surface area (Å²) < 4.78 is 11.3. The van der Waals surface area contributed by atoms with Crippen LogP contribution in [0.2, 0.25) is 5.02 Å². The molecule has 4 aromatic rings. The number of aliphatic carboxylic acids is 1. The number of aryl methyl sites for hydroxylation is 1. The highest BCUT2D eigenvalue weighted by Crippen LogP contribution is 2.44. The van der Waals surface area contributed by atoms with E-state index in [1.165, 1.54) is 0 Å². The summed E-state index contributed by atoms with van der Waals surface area (Å²) in [6.07, 6.45) is -0.819. The summed E-state index contributed by atoms with van der Waals surface area (Å²) in [5, 5.41) is 12.8. The first-order valence-electron chi connectivity index (χ1n) is 11.6. The largest absolute Gasteiger partial charge is 0.480 e. The van der Waals surface area contributed by atoms with E-state index in [1.807, 2.05) is 55.5 Å². The predicted octanol–water partition coefficient (Wildman–Crippen LogP) is 6.44. The van der Waals surface area contributed by atoms with Crippen LogP contribution >= 0.6 is 11.6 Å². The fourth-order valence-corrected chi connectivity index (χ4v) is 4.75. The third-order valence-corrected chi connectivity index (χ3v) is 6.86. The van der Waals surface area contributed by atoms with Crippen LogP contribution in [0.1, 0.15) is 28.4 Å². The van der Waals surface area contributed by atoms with Crippen molar-refractivity contribution >= 4 is 23.7 Å². The van der Waals surface area contributed by atoms with Gasteiger partial charge in [-0.1, -0.05) is 72.3 Å². The number of furan rings is 1. The van der Waals surface area contributed by atoms with Crippen molar-refractivity contribution in [1.82, 2.24) is 5.32 Å². The average Bonchev–Trinajstić information content (AvgIpc) is 3.47. The number of carboxylic acids is 1. The van der Waals surface area contributed by atoms with Gasteiger partial charge in [0.05, 0.1) is 0 Å². The van der Waals surface area contributed by atoms with Gasteiger partial charge in [-0.15, -0.1) is 0 Å². The summed E-state index contributed by atoms with van der Waals surface area (Å²) >= 11 is 6.21. The first kappa shape index (κ1) is 23.7. The van der Waals surface area contributed by atoms with Crippen molar-refractivity contribution in [2.45, 2.75) is 25.3 Å². The van der Waals surface area contributed by atoms with Crippen LogP contribution in [0.4, 0.5) is 4.79 Å². The van der Waals surface area contributed by atoms with Crippen molar-refractivity contribution in [2.75, 3.05) is 6.61 Å². The number of hydrogen-bond donors (Lipinski definition) is 2. The third-order valence-electron chi connectivity index (χ3n) is 6.46. The predicted molar refractivity (Wildman–Crippen MR) is 137 cm³/mol. The molecule has 0 radical (unpaired) electrons. The molecule has 182 valence electrons. The summed E-state index contributed by atoms with van der Waals surface area (Å²) in [4.78, 5) is 24.4. The number of rotatable bonds is 7. The topological polar surface area (TPSA) is 88.8 Å². The quantitative estimate of drug-likeness (QED) is 0.304. The minimum Gasteiger partial charge on any atom is -0.480 e. The van der Waals surface area contributed by atoms with Crippen LogP contribution < -0.4 is 5.32 Å². The lowest BCUT2D eigenvalue weighted by Crippen LogP contribution is -2.42. The van der Waals surface area contributed by atoms with Crippen LogP contribution in [0.15, 0.2) is 83.3 Å². The molecular formula is C29H24ClNO5. The number of amides is 1. The summed E-state index contributed by atoms with van der Waals surface area (Å²) in [7, 11) is 0. The molecule has 0 spiro atoms. The summed E-state index contributed by atoms with van der Waals surface area (Å²) in [6.45, 7) is 2.01. The van der Waals surface area contributed by atoms with Gasteiger partial charge in [0, 0.05) is 22.9 Å².